The van der Waals surface area contributed by atoms with Crippen LogP contribution in [0.2, 0.25) is 0 Å². The van der Waals surface area contributed by atoms with E-state index in [0.29, 0.717) is 6.42 Å². The summed E-state index contributed by atoms with van der Waals surface area (Å²) in [6.07, 6.45) is 6.74. The zero-order valence-electron chi connectivity index (χ0n) is 13.7. The normalized spacial score (nSPS) is 11.7. The zero-order chi connectivity index (χ0) is 16.8. The number of hydrogen-bond donors (Lipinski definition) is 2. The highest BCUT2D eigenvalue weighted by Crippen LogP contribution is 2.09. The van der Waals surface area contributed by atoms with Crippen molar-refractivity contribution in [3.05, 3.63) is 0 Å². The first kappa shape index (κ1) is 20.4. The fourth-order valence-electron chi connectivity index (χ4n) is 2.10. The average Bonchev–Trinajstić information content (AvgIpc) is 2.47. The van der Waals surface area contributed by atoms with Crippen LogP contribution in [0.25, 0.3) is 0 Å². The summed E-state index contributed by atoms with van der Waals surface area (Å²) in [5.41, 5.74) is 0. The van der Waals surface area contributed by atoms with Gasteiger partial charge in [0.25, 0.3) is 0 Å². The standard InChI is InChI=1S/C16H29NO5/c1-3-5-6-7-8-9-10-13(16(20)21)17-14(18)11-12-15(19)22-4-2/h13H,3-12H2,1-2H3,(H,17,18)(H,20,21)/t13-/m1/s1. The van der Waals surface area contributed by atoms with E-state index in [1.165, 1.54) is 19.3 Å². The van der Waals surface area contributed by atoms with Crippen LogP contribution in [0.4, 0.5) is 0 Å². The van der Waals surface area contributed by atoms with E-state index in [2.05, 4.69) is 12.2 Å². The van der Waals surface area contributed by atoms with Gasteiger partial charge >= 0.3 is 11.9 Å². The van der Waals surface area contributed by atoms with Gasteiger partial charge in [-0.1, -0.05) is 45.4 Å². The molecule has 0 aliphatic carbocycles. The van der Waals surface area contributed by atoms with Crippen molar-refractivity contribution in [2.24, 2.45) is 0 Å². The van der Waals surface area contributed by atoms with Gasteiger partial charge in [0.1, 0.15) is 6.04 Å². The summed E-state index contributed by atoms with van der Waals surface area (Å²) in [4.78, 5) is 33.9. The lowest BCUT2D eigenvalue weighted by molar-refractivity contribution is -0.145. The number of nitrogens with one attached hydrogen (secondary N) is 1. The molecular weight excluding hydrogens is 286 g/mol. The molecule has 6 heteroatoms. The topological polar surface area (TPSA) is 92.7 Å². The highest BCUT2D eigenvalue weighted by atomic mass is 16.5. The number of rotatable bonds is 13. The molecule has 0 fully saturated rings. The van der Waals surface area contributed by atoms with Crippen LogP contribution in [0.1, 0.15) is 71.6 Å². The monoisotopic (exact) mass is 315 g/mol. The van der Waals surface area contributed by atoms with Gasteiger partial charge in [0, 0.05) is 6.42 Å². The van der Waals surface area contributed by atoms with Gasteiger partial charge in [-0.2, -0.15) is 0 Å². The number of aliphatic carboxylic acids is 1. The summed E-state index contributed by atoms with van der Waals surface area (Å²) < 4.78 is 4.72. The van der Waals surface area contributed by atoms with Crippen molar-refractivity contribution < 1.29 is 24.2 Å². The first-order valence-electron chi connectivity index (χ1n) is 8.19. The molecule has 0 aromatic carbocycles. The number of unbranched alkanes of at least 4 members (excludes halogenated alkanes) is 5. The van der Waals surface area contributed by atoms with Crippen LogP contribution in [0.15, 0.2) is 0 Å². The fourth-order valence-corrected chi connectivity index (χ4v) is 2.10. The van der Waals surface area contributed by atoms with Crippen molar-refractivity contribution in [2.45, 2.75) is 77.7 Å². The molecule has 0 saturated heterocycles. The number of carboxylic acids is 1. The minimum absolute atomic E-state index is 0.0248. The molecule has 0 unspecified atom stereocenters. The maximum absolute atomic E-state index is 11.7. The lowest BCUT2D eigenvalue weighted by Crippen LogP contribution is -2.40. The van der Waals surface area contributed by atoms with Crippen LogP contribution in [0.5, 0.6) is 0 Å². The molecule has 6 nitrogen and oxygen atoms in total. The second-order valence-corrected chi connectivity index (χ2v) is 5.32. The van der Waals surface area contributed by atoms with Crippen LogP contribution in [-0.4, -0.2) is 35.6 Å². The highest BCUT2D eigenvalue weighted by molar-refractivity contribution is 5.85. The molecule has 128 valence electrons. The third-order valence-electron chi connectivity index (χ3n) is 3.34. The van der Waals surface area contributed by atoms with Crippen LogP contribution >= 0.6 is 0 Å². The molecule has 0 bridgehead atoms. The summed E-state index contributed by atoms with van der Waals surface area (Å²) in [7, 11) is 0. The van der Waals surface area contributed by atoms with E-state index in [9.17, 15) is 14.4 Å². The molecule has 0 heterocycles. The van der Waals surface area contributed by atoms with Crippen LogP contribution < -0.4 is 5.32 Å². The molecule has 0 saturated carbocycles. The van der Waals surface area contributed by atoms with Crippen molar-refractivity contribution in [1.82, 2.24) is 5.32 Å². The van der Waals surface area contributed by atoms with Crippen molar-refractivity contribution in [1.29, 1.82) is 0 Å². The van der Waals surface area contributed by atoms with Gasteiger partial charge in [-0.25, -0.2) is 4.79 Å². The van der Waals surface area contributed by atoms with Gasteiger partial charge < -0.3 is 15.2 Å². The third-order valence-corrected chi connectivity index (χ3v) is 3.34. The number of carbonyl (C=O) groups is 3. The second-order valence-electron chi connectivity index (χ2n) is 5.32. The first-order valence-corrected chi connectivity index (χ1v) is 8.19. The molecule has 0 aromatic heterocycles. The Balaban J connectivity index is 3.95. The third kappa shape index (κ3) is 11.1. The highest BCUT2D eigenvalue weighted by Gasteiger charge is 2.19. The molecule has 0 aromatic rings. The average molecular weight is 315 g/mol. The van der Waals surface area contributed by atoms with E-state index >= 15 is 0 Å². The van der Waals surface area contributed by atoms with Gasteiger partial charge in [0.05, 0.1) is 13.0 Å². The Morgan fingerprint density at radius 2 is 1.64 bits per heavy atom. The van der Waals surface area contributed by atoms with Crippen LogP contribution in [0, 0.1) is 0 Å². The van der Waals surface area contributed by atoms with E-state index in [0.717, 1.165) is 19.3 Å². The molecule has 1 amide bonds. The Morgan fingerprint density at radius 3 is 2.23 bits per heavy atom. The Morgan fingerprint density at radius 1 is 1.00 bits per heavy atom. The predicted octanol–water partition coefficient (Wildman–Crippen LogP) is 2.65. The van der Waals surface area contributed by atoms with Crippen LogP contribution in [0.3, 0.4) is 0 Å². The maximum atomic E-state index is 11.7. The van der Waals surface area contributed by atoms with E-state index < -0.39 is 23.9 Å². The lowest BCUT2D eigenvalue weighted by atomic mass is 10.1. The number of carbonyl (C=O) groups excluding carboxylic acids is 2. The molecule has 0 spiro atoms. The van der Waals surface area contributed by atoms with Crippen molar-refractivity contribution in [2.75, 3.05) is 6.61 Å². The minimum atomic E-state index is -1.03. The van der Waals surface area contributed by atoms with Gasteiger partial charge in [-0.15, -0.1) is 0 Å². The van der Waals surface area contributed by atoms with E-state index in [4.69, 9.17) is 9.84 Å². The Kier molecular flexibility index (Phi) is 12.2. The summed E-state index contributed by atoms with van der Waals surface area (Å²) in [6.45, 7) is 4.11. The molecule has 1 atom stereocenters. The molecule has 0 aliphatic heterocycles. The van der Waals surface area contributed by atoms with Gasteiger partial charge in [-0.3, -0.25) is 9.59 Å². The maximum Gasteiger partial charge on any atom is 0.326 e. The number of esters is 1. The van der Waals surface area contributed by atoms with E-state index in [1.807, 2.05) is 0 Å². The molecular formula is C16H29NO5. The number of hydrogen-bond acceptors (Lipinski definition) is 4. The summed E-state index contributed by atoms with van der Waals surface area (Å²) >= 11 is 0. The first-order chi connectivity index (χ1) is 10.5. The zero-order valence-corrected chi connectivity index (χ0v) is 13.7. The second kappa shape index (κ2) is 13.1. The Labute approximate surface area is 132 Å². The van der Waals surface area contributed by atoms with E-state index in [-0.39, 0.29) is 19.4 Å². The Bertz CT molecular complexity index is 343. The Hall–Kier alpha value is -1.59. The van der Waals surface area contributed by atoms with Gasteiger partial charge in [-0.05, 0) is 13.3 Å². The summed E-state index contributed by atoms with van der Waals surface area (Å²) in [6, 6.07) is -0.874. The number of amides is 1. The fraction of sp³-hybridized carbons (Fsp3) is 0.812. The lowest BCUT2D eigenvalue weighted by Gasteiger charge is -2.14. The van der Waals surface area contributed by atoms with Crippen molar-refractivity contribution in [3.63, 3.8) is 0 Å². The molecule has 0 rings (SSSR count). The SMILES string of the molecule is CCCCCCCC[C@@H](NC(=O)CCC(=O)OCC)C(=O)O. The number of carboxylic acid groups (broad SMARTS) is 1. The quantitative estimate of drug-likeness (QED) is 0.402. The molecule has 2 N–H and O–H groups in total. The number of ether oxygens (including phenoxy) is 1. The largest absolute Gasteiger partial charge is 0.480 e. The van der Waals surface area contributed by atoms with Crippen LogP contribution in [-0.2, 0) is 19.1 Å². The predicted molar refractivity (Wildman–Crippen MR) is 83.4 cm³/mol. The summed E-state index contributed by atoms with van der Waals surface area (Å²) in [5.74, 6) is -1.90. The smallest absolute Gasteiger partial charge is 0.326 e. The molecule has 0 aliphatic rings. The van der Waals surface area contributed by atoms with Gasteiger partial charge in [0.15, 0.2) is 0 Å². The molecule has 22 heavy (non-hydrogen) atoms. The van der Waals surface area contributed by atoms with Crippen molar-refractivity contribution >= 4 is 17.8 Å². The minimum Gasteiger partial charge on any atom is -0.480 e. The van der Waals surface area contributed by atoms with Gasteiger partial charge in [0.2, 0.25) is 5.91 Å². The summed E-state index contributed by atoms with van der Waals surface area (Å²) in [5, 5.41) is 11.6. The van der Waals surface area contributed by atoms with E-state index in [1.54, 1.807) is 6.92 Å². The van der Waals surface area contributed by atoms with Crippen molar-refractivity contribution in [3.8, 4) is 0 Å². The molecule has 0 radical (unpaired) electrons.